The maximum Gasteiger partial charge on any atom is 0.524 e. The van der Waals surface area contributed by atoms with Gasteiger partial charge in [0.15, 0.2) is 0 Å². The van der Waals surface area contributed by atoms with Crippen molar-refractivity contribution < 1.29 is 130 Å². The minimum Gasteiger partial charge on any atom is -0.481 e. The van der Waals surface area contributed by atoms with E-state index in [2.05, 4.69) is 51.5 Å². The number of phosphoric acid groups is 1. The van der Waals surface area contributed by atoms with Gasteiger partial charge < -0.3 is 58.9 Å². The van der Waals surface area contributed by atoms with Crippen LogP contribution in [-0.2, 0) is 77.0 Å². The Kier molecular flexibility index (Phi) is 26.5. The minimum atomic E-state index is -5.40. The number of carboxylic acid groups (broad SMARTS) is 1. The third kappa shape index (κ3) is 21.1. The summed E-state index contributed by atoms with van der Waals surface area (Å²) in [5.74, 6) is -3.64. The van der Waals surface area contributed by atoms with Gasteiger partial charge in [-0.1, -0.05) is 43.9 Å². The standard InChI is InChI=1S/C68H78F10N11O18P/c1-36-20-41(25-52(90)91)54(50(21-36)107-108(98,99)100)64(2,3)26-53(92)104-35-105-63(97)106-51(32-87(85-58(94)56(83-62(96)102-9)66(6,7)68(76,77)78)31-45-46(69)23-40(24-47(45)70)48-18-19-88(84-48)59(71)72)49(81-57(93)55(82-61(95)101-8)65(4,5)67(73,74)75)22-38-13-10-37(11-14-38)12-15-39-27-79-60(80-28-39)86-29-42-16-17-43(30-86)89(42)44-33-103-34-44/h10-11,13-14,18-21,23-24,27-28,42-44,49,51,55-56,59H,16-17,22,25-26,29-35H2,1-9H3,(H,81,93)(H,82,95)(H,83,96)(H,85,94)(H,90,91)(H2,98,99,100)/t42?,43?,49-,51-,55+,56+/m0/s1. The molecule has 3 aliphatic rings. The summed E-state index contributed by atoms with van der Waals surface area (Å²) in [4.78, 5) is 128. The third-order valence-corrected chi connectivity index (χ3v) is 18.9. The number of methoxy groups -OCH3 is 2. The van der Waals surface area contributed by atoms with Crippen molar-refractivity contribution in [3.05, 3.63) is 124 Å². The average molecular weight is 1560 g/mol. The lowest BCUT2D eigenvalue weighted by Gasteiger charge is -2.47. The number of piperazine rings is 1. The Hall–Kier alpha value is -9.87. The Labute approximate surface area is 610 Å². The highest BCUT2D eigenvalue weighted by Crippen LogP contribution is 2.47. The van der Waals surface area contributed by atoms with Gasteiger partial charge in [0.2, 0.25) is 18.6 Å². The van der Waals surface area contributed by atoms with Crippen LogP contribution in [0, 0.1) is 41.2 Å². The number of aromatic nitrogens is 4. The summed E-state index contributed by atoms with van der Waals surface area (Å²) in [6.07, 6.45) is -14.9. The zero-order valence-electron chi connectivity index (χ0n) is 59.4. The van der Waals surface area contributed by atoms with E-state index in [-0.39, 0.29) is 32.5 Å². The monoisotopic (exact) mass is 1560 g/mol. The van der Waals surface area contributed by atoms with Gasteiger partial charge >= 0.3 is 57.0 Å². The summed E-state index contributed by atoms with van der Waals surface area (Å²) >= 11 is 0. The third-order valence-electron chi connectivity index (χ3n) is 18.4. The topological polar surface area (TPSA) is 363 Å². The first-order valence-corrected chi connectivity index (χ1v) is 34.5. The molecular formula is C68H78F10N11O18P. The van der Waals surface area contributed by atoms with E-state index in [9.17, 15) is 61.8 Å². The van der Waals surface area contributed by atoms with Crippen molar-refractivity contribution in [2.75, 3.05) is 58.8 Å². The van der Waals surface area contributed by atoms with E-state index in [4.69, 9.17) is 23.5 Å². The van der Waals surface area contributed by atoms with E-state index in [0.29, 0.717) is 108 Å². The van der Waals surface area contributed by atoms with Crippen molar-refractivity contribution in [2.24, 2.45) is 10.8 Å². The molecule has 3 aliphatic heterocycles. The van der Waals surface area contributed by atoms with E-state index in [1.807, 2.05) is 10.7 Å². The van der Waals surface area contributed by atoms with Crippen LogP contribution < -0.4 is 30.8 Å². The van der Waals surface area contributed by atoms with Crippen LogP contribution in [0.15, 0.2) is 73.2 Å². The molecule has 588 valence electrons. The number of ether oxygens (including phenoxy) is 6. The summed E-state index contributed by atoms with van der Waals surface area (Å²) in [7, 11) is -3.92. The number of phosphoric ester groups is 1. The Morgan fingerprint density at radius 1 is 0.759 bits per heavy atom. The maximum atomic E-state index is 16.7. The van der Waals surface area contributed by atoms with Crippen molar-refractivity contribution in [1.82, 2.24) is 51.0 Å². The van der Waals surface area contributed by atoms with Gasteiger partial charge in [0.25, 0.3) is 5.91 Å². The molecule has 0 aliphatic carbocycles. The second-order valence-electron chi connectivity index (χ2n) is 27.5. The number of hydrogen-bond acceptors (Lipinski definition) is 21. The predicted molar refractivity (Wildman–Crippen MR) is 356 cm³/mol. The number of carboxylic acids is 1. The van der Waals surface area contributed by atoms with E-state index in [1.165, 1.54) is 63.5 Å². The number of anilines is 1. The Morgan fingerprint density at radius 2 is 1.32 bits per heavy atom. The van der Waals surface area contributed by atoms with Gasteiger partial charge in [-0.05, 0) is 107 Å². The van der Waals surface area contributed by atoms with Crippen LogP contribution >= 0.6 is 7.82 Å². The Morgan fingerprint density at radius 3 is 1.83 bits per heavy atom. The van der Waals surface area contributed by atoms with Gasteiger partial charge in [-0.3, -0.25) is 39.3 Å². The van der Waals surface area contributed by atoms with Crippen molar-refractivity contribution in [3.63, 3.8) is 0 Å². The minimum absolute atomic E-state index is 0.0600. The highest BCUT2D eigenvalue weighted by atomic mass is 31.2. The van der Waals surface area contributed by atoms with E-state index in [1.54, 1.807) is 5.32 Å². The largest absolute Gasteiger partial charge is 0.524 e. The lowest BCUT2D eigenvalue weighted by atomic mass is 9.77. The first-order chi connectivity index (χ1) is 50.4. The number of rotatable bonds is 29. The molecular weight excluding hydrogens is 1480 g/mol. The first kappa shape index (κ1) is 83.8. The van der Waals surface area contributed by atoms with Crippen molar-refractivity contribution in [1.29, 1.82) is 0 Å². The molecule has 0 saturated carbocycles. The molecule has 7 N–H and O–H groups in total. The van der Waals surface area contributed by atoms with Crippen LogP contribution in [0.4, 0.5) is 64.2 Å². The number of carbonyl (C=O) groups excluding carboxylic acids is 6. The molecule has 5 heterocycles. The number of nitrogens with one attached hydrogen (secondary N) is 4. The lowest BCUT2D eigenvalue weighted by Crippen LogP contribution is -2.64. The summed E-state index contributed by atoms with van der Waals surface area (Å²) in [6, 6.07) is 3.51. The molecule has 3 aromatic carbocycles. The number of hydrogen-bond donors (Lipinski definition) is 7. The molecule has 6 atom stereocenters. The number of alkyl halides is 8. The smallest absolute Gasteiger partial charge is 0.481 e. The molecule has 2 bridgehead atoms. The summed E-state index contributed by atoms with van der Waals surface area (Å²) in [6.45, 7) is 1.27. The molecule has 0 spiro atoms. The van der Waals surface area contributed by atoms with Crippen LogP contribution in [0.3, 0.4) is 0 Å². The number of nitrogens with zero attached hydrogens (tertiary/aromatic N) is 7. The number of hydrazine groups is 1. The van der Waals surface area contributed by atoms with Gasteiger partial charge in [-0.15, -0.1) is 0 Å². The molecule has 3 saturated heterocycles. The molecule has 40 heteroatoms. The summed E-state index contributed by atoms with van der Waals surface area (Å²) in [5.41, 5.74) is -7.49. The second-order valence-corrected chi connectivity index (χ2v) is 28.6. The molecule has 3 fully saturated rings. The van der Waals surface area contributed by atoms with Crippen molar-refractivity contribution in [3.8, 4) is 28.8 Å². The highest BCUT2D eigenvalue weighted by molar-refractivity contribution is 7.46. The molecule has 0 radical (unpaired) electrons. The summed E-state index contributed by atoms with van der Waals surface area (Å²) in [5, 5.41) is 19.6. The number of halogens is 10. The van der Waals surface area contributed by atoms with Crippen molar-refractivity contribution in [2.45, 2.75) is 154 Å². The van der Waals surface area contributed by atoms with Gasteiger partial charge in [-0.25, -0.2) is 47.4 Å². The molecule has 2 unspecified atom stereocenters. The van der Waals surface area contributed by atoms with Crippen LogP contribution in [0.5, 0.6) is 5.75 Å². The van der Waals surface area contributed by atoms with Gasteiger partial charge in [-0.2, -0.15) is 40.2 Å². The average Bonchev–Trinajstić information content (AvgIpc) is 1.40. The normalized spacial score (nSPS) is 16.9. The second kappa shape index (κ2) is 34.1. The molecule has 8 rings (SSSR count). The Balaban J connectivity index is 1.19. The Bertz CT molecular complexity index is 4190. The van der Waals surface area contributed by atoms with Crippen LogP contribution in [0.2, 0.25) is 0 Å². The molecule has 4 amide bonds. The van der Waals surface area contributed by atoms with Gasteiger partial charge in [0, 0.05) is 78.0 Å². The zero-order chi connectivity index (χ0) is 79.8. The number of alkyl carbamates (subject to hydrolysis) is 2. The number of aryl methyl sites for hydroxylation is 1. The van der Waals surface area contributed by atoms with Crippen LogP contribution in [0.25, 0.3) is 11.3 Å². The van der Waals surface area contributed by atoms with Crippen molar-refractivity contribution >= 4 is 55.9 Å². The first-order valence-electron chi connectivity index (χ1n) is 33.0. The number of amides is 4. The van der Waals surface area contributed by atoms with E-state index in [0.717, 1.165) is 38.3 Å². The number of benzene rings is 3. The van der Waals surface area contributed by atoms with Gasteiger partial charge in [0.1, 0.15) is 35.6 Å². The van der Waals surface area contributed by atoms with Crippen LogP contribution in [-0.4, -0.2) is 195 Å². The quantitative estimate of drug-likeness (QED) is 0.00449. The van der Waals surface area contributed by atoms with E-state index >= 15 is 35.1 Å². The fraction of sp³-hybridized carbons (Fsp3) is 0.500. The molecule has 2 aromatic heterocycles. The highest BCUT2D eigenvalue weighted by Gasteiger charge is 2.58. The molecule has 108 heavy (non-hydrogen) atoms. The number of carbonyl (C=O) groups is 7. The lowest BCUT2D eigenvalue weighted by molar-refractivity contribution is -0.221. The fourth-order valence-electron chi connectivity index (χ4n) is 12.6. The molecule has 5 aromatic rings. The number of aliphatic carboxylic acids is 1. The van der Waals surface area contributed by atoms with Crippen LogP contribution in [0.1, 0.15) is 106 Å². The maximum absolute atomic E-state index is 16.7. The summed E-state index contributed by atoms with van der Waals surface area (Å²) < 4.78 is 199. The molecule has 29 nitrogen and oxygen atoms in total. The zero-order valence-corrected chi connectivity index (χ0v) is 60.2. The SMILES string of the molecule is COC(=O)N[C@H](C(=O)N[C@@H](Cc1ccc(C#Cc2cnc(N3CC4CCC(C3)N4C3COC3)nc2)cc1)[C@H](CN(Cc1c(F)cc(-c2ccn(C(F)F)n2)cc1F)NC(=O)[C@@H](NC(=O)OC)C(C)(C)C(F)(F)F)OC(=O)OCOC(=O)CC(C)(C)c1c(CC(=O)O)cc(C)cc1OP(=O)(O)O)C(C)(C)C(F)(F)F. The fourth-order valence-corrected chi connectivity index (χ4v) is 13.0. The number of esters is 1. The van der Waals surface area contributed by atoms with E-state index < -0.39 is 183 Å². The van der Waals surface area contributed by atoms with Gasteiger partial charge in [0.05, 0.1) is 81.0 Å². The number of fused-ring (bicyclic) bond motifs is 2. The predicted octanol–water partition coefficient (Wildman–Crippen LogP) is 8.45.